The molecule has 3 aromatic carbocycles. The molecule has 0 aliphatic rings. The third-order valence-electron chi connectivity index (χ3n) is 5.45. The Kier molecular flexibility index (Phi) is 5.80. The van der Waals surface area contributed by atoms with Gasteiger partial charge >= 0.3 is 5.97 Å². The highest BCUT2D eigenvalue weighted by atomic mass is 16.5. The number of ether oxygens (including phenoxy) is 1. The summed E-state index contributed by atoms with van der Waals surface area (Å²) in [6.07, 6.45) is 6.44. The monoisotopic (exact) mass is 395 g/mol. The molecule has 1 atom stereocenters. The smallest absolute Gasteiger partial charge is 0.330 e. The first-order valence-electron chi connectivity index (χ1n) is 10.2. The standard InChI is InChI=1S/C27H25NO2/c1-20(22-9-5-3-6-10-22)17-23-19-28(24-11-7-4-8-12-24)26-15-13-21(18-25(23)26)14-16-27(29)30-2/h3-16,18-20H,17H2,1-2H3/b16-14+. The largest absolute Gasteiger partial charge is 0.466 e. The molecular weight excluding hydrogens is 370 g/mol. The molecule has 0 spiro atoms. The third kappa shape index (κ3) is 4.20. The summed E-state index contributed by atoms with van der Waals surface area (Å²) in [4.78, 5) is 11.5. The second kappa shape index (κ2) is 8.83. The quantitative estimate of drug-likeness (QED) is 0.289. The summed E-state index contributed by atoms with van der Waals surface area (Å²) in [7, 11) is 1.39. The van der Waals surface area contributed by atoms with Crippen molar-refractivity contribution in [3.8, 4) is 5.69 Å². The van der Waals surface area contributed by atoms with Crippen LogP contribution in [0, 0.1) is 0 Å². The summed E-state index contributed by atoms with van der Waals surface area (Å²) in [6.45, 7) is 2.27. The van der Waals surface area contributed by atoms with Gasteiger partial charge in [0.2, 0.25) is 0 Å². The zero-order valence-corrected chi connectivity index (χ0v) is 17.3. The Balaban J connectivity index is 1.78. The summed E-state index contributed by atoms with van der Waals surface area (Å²) < 4.78 is 6.96. The van der Waals surface area contributed by atoms with E-state index in [1.807, 2.05) is 12.1 Å². The maximum absolute atomic E-state index is 11.5. The number of hydrogen-bond acceptors (Lipinski definition) is 2. The Morgan fingerprint density at radius 1 is 1.00 bits per heavy atom. The van der Waals surface area contributed by atoms with Crippen molar-refractivity contribution in [3.05, 3.63) is 108 Å². The van der Waals surface area contributed by atoms with Gasteiger partial charge in [0, 0.05) is 23.3 Å². The van der Waals surface area contributed by atoms with E-state index in [1.165, 1.54) is 29.7 Å². The molecule has 0 aliphatic heterocycles. The fourth-order valence-electron chi connectivity index (χ4n) is 3.85. The van der Waals surface area contributed by atoms with Crippen LogP contribution in [-0.2, 0) is 16.0 Å². The molecular formula is C27H25NO2. The molecule has 3 nitrogen and oxygen atoms in total. The van der Waals surface area contributed by atoms with Gasteiger partial charge in [-0.2, -0.15) is 0 Å². The molecule has 0 saturated heterocycles. The van der Waals surface area contributed by atoms with Gasteiger partial charge in [-0.05, 0) is 59.4 Å². The topological polar surface area (TPSA) is 31.2 Å². The maximum atomic E-state index is 11.5. The van der Waals surface area contributed by atoms with Gasteiger partial charge in [0.25, 0.3) is 0 Å². The molecule has 0 radical (unpaired) electrons. The fourth-order valence-corrected chi connectivity index (χ4v) is 3.85. The van der Waals surface area contributed by atoms with E-state index in [1.54, 1.807) is 6.08 Å². The first-order chi connectivity index (χ1) is 14.7. The van der Waals surface area contributed by atoms with Crippen LogP contribution in [0.1, 0.15) is 29.5 Å². The van der Waals surface area contributed by atoms with Gasteiger partial charge in [-0.25, -0.2) is 4.79 Å². The number of benzene rings is 3. The van der Waals surface area contributed by atoms with Crippen molar-refractivity contribution in [1.82, 2.24) is 4.57 Å². The SMILES string of the molecule is COC(=O)/C=C/c1ccc2c(c1)c(CC(C)c1ccccc1)cn2-c1ccccc1. The second-order valence-electron chi connectivity index (χ2n) is 7.51. The van der Waals surface area contributed by atoms with E-state index < -0.39 is 0 Å². The average Bonchev–Trinajstić information content (AvgIpc) is 3.16. The lowest BCUT2D eigenvalue weighted by molar-refractivity contribution is -0.134. The molecule has 0 N–H and O–H groups in total. The van der Waals surface area contributed by atoms with E-state index in [4.69, 9.17) is 4.74 Å². The van der Waals surface area contributed by atoms with Crippen LogP contribution in [0.4, 0.5) is 0 Å². The lowest BCUT2D eigenvalue weighted by Gasteiger charge is -2.11. The van der Waals surface area contributed by atoms with Gasteiger partial charge in [-0.3, -0.25) is 0 Å². The summed E-state index contributed by atoms with van der Waals surface area (Å²) in [5.74, 6) is 0.0465. The molecule has 4 aromatic rings. The minimum atomic E-state index is -0.352. The molecule has 0 saturated carbocycles. The van der Waals surface area contributed by atoms with Gasteiger partial charge in [-0.1, -0.05) is 61.5 Å². The van der Waals surface area contributed by atoms with Crippen LogP contribution in [0.2, 0.25) is 0 Å². The molecule has 0 fully saturated rings. The van der Waals surface area contributed by atoms with Crippen molar-refractivity contribution in [3.63, 3.8) is 0 Å². The van der Waals surface area contributed by atoms with Crippen LogP contribution in [0.5, 0.6) is 0 Å². The highest BCUT2D eigenvalue weighted by Crippen LogP contribution is 2.30. The summed E-state index contributed by atoms with van der Waals surface area (Å²) in [6, 6.07) is 27.3. The van der Waals surface area contributed by atoms with Crippen molar-refractivity contribution < 1.29 is 9.53 Å². The summed E-state index contributed by atoms with van der Waals surface area (Å²) in [5.41, 5.74) is 5.90. The molecule has 1 unspecified atom stereocenters. The Morgan fingerprint density at radius 2 is 1.70 bits per heavy atom. The van der Waals surface area contributed by atoms with Crippen LogP contribution < -0.4 is 0 Å². The first kappa shape index (κ1) is 19.7. The summed E-state index contributed by atoms with van der Waals surface area (Å²) >= 11 is 0. The number of para-hydroxylation sites is 1. The maximum Gasteiger partial charge on any atom is 0.330 e. The Morgan fingerprint density at radius 3 is 2.40 bits per heavy atom. The van der Waals surface area contributed by atoms with Crippen LogP contribution in [0.25, 0.3) is 22.7 Å². The minimum absolute atomic E-state index is 0.352. The normalized spacial score (nSPS) is 12.3. The van der Waals surface area contributed by atoms with Gasteiger partial charge in [0.05, 0.1) is 12.6 Å². The Bertz CT molecular complexity index is 1170. The van der Waals surface area contributed by atoms with Crippen LogP contribution in [-0.4, -0.2) is 17.6 Å². The molecule has 30 heavy (non-hydrogen) atoms. The van der Waals surface area contributed by atoms with Crippen molar-refractivity contribution in [2.75, 3.05) is 7.11 Å². The number of methoxy groups -OCH3 is 1. The molecule has 3 heteroatoms. The number of aromatic nitrogens is 1. The lowest BCUT2D eigenvalue weighted by atomic mass is 9.93. The summed E-state index contributed by atoms with van der Waals surface area (Å²) in [5, 5.41) is 1.20. The zero-order chi connectivity index (χ0) is 20.9. The highest BCUT2D eigenvalue weighted by molar-refractivity contribution is 5.91. The lowest BCUT2D eigenvalue weighted by Crippen LogP contribution is -1.98. The minimum Gasteiger partial charge on any atom is -0.466 e. The van der Waals surface area contributed by atoms with Crippen LogP contribution in [0.3, 0.4) is 0 Å². The van der Waals surface area contributed by atoms with E-state index in [0.717, 1.165) is 23.2 Å². The van der Waals surface area contributed by atoms with Crippen LogP contribution >= 0.6 is 0 Å². The molecule has 150 valence electrons. The molecule has 1 aromatic heterocycles. The number of fused-ring (bicyclic) bond motifs is 1. The third-order valence-corrected chi connectivity index (χ3v) is 5.45. The van der Waals surface area contributed by atoms with Gasteiger partial charge in [0.1, 0.15) is 0 Å². The van der Waals surface area contributed by atoms with E-state index in [0.29, 0.717) is 5.92 Å². The molecule has 0 aliphatic carbocycles. The first-order valence-corrected chi connectivity index (χ1v) is 10.2. The number of nitrogens with zero attached hydrogens (tertiary/aromatic N) is 1. The number of esters is 1. The van der Waals surface area contributed by atoms with Crippen LogP contribution in [0.15, 0.2) is 91.1 Å². The van der Waals surface area contributed by atoms with Gasteiger partial charge in [0.15, 0.2) is 0 Å². The van der Waals surface area contributed by atoms with E-state index >= 15 is 0 Å². The van der Waals surface area contributed by atoms with Crippen molar-refractivity contribution >= 4 is 22.9 Å². The number of rotatable bonds is 6. The van der Waals surface area contributed by atoms with E-state index in [9.17, 15) is 4.79 Å². The van der Waals surface area contributed by atoms with E-state index in [2.05, 4.69) is 84.4 Å². The van der Waals surface area contributed by atoms with Gasteiger partial charge < -0.3 is 9.30 Å². The predicted molar refractivity (Wildman–Crippen MR) is 123 cm³/mol. The average molecular weight is 396 g/mol. The molecule has 1 heterocycles. The zero-order valence-electron chi connectivity index (χ0n) is 17.3. The second-order valence-corrected chi connectivity index (χ2v) is 7.51. The fraction of sp³-hybridized carbons (Fsp3) is 0.148. The molecule has 0 amide bonds. The van der Waals surface area contributed by atoms with E-state index in [-0.39, 0.29) is 5.97 Å². The van der Waals surface area contributed by atoms with Crippen molar-refractivity contribution in [2.45, 2.75) is 19.3 Å². The predicted octanol–water partition coefficient (Wildman–Crippen LogP) is 6.16. The number of hydrogen-bond donors (Lipinski definition) is 0. The Hall–Kier alpha value is -3.59. The molecule has 0 bridgehead atoms. The Labute approximate surface area is 177 Å². The van der Waals surface area contributed by atoms with Crippen molar-refractivity contribution in [1.29, 1.82) is 0 Å². The van der Waals surface area contributed by atoms with Gasteiger partial charge in [-0.15, -0.1) is 0 Å². The number of carbonyl (C=O) groups excluding carboxylic acids is 1. The van der Waals surface area contributed by atoms with Crippen molar-refractivity contribution in [2.24, 2.45) is 0 Å². The molecule has 4 rings (SSSR count). The number of carbonyl (C=O) groups is 1. The highest BCUT2D eigenvalue weighted by Gasteiger charge is 2.14.